The molecule has 16 heavy (non-hydrogen) atoms. The van der Waals surface area contributed by atoms with E-state index < -0.39 is 5.82 Å². The van der Waals surface area contributed by atoms with E-state index in [1.807, 2.05) is 0 Å². The fourth-order valence-electron chi connectivity index (χ4n) is 1.37. The summed E-state index contributed by atoms with van der Waals surface area (Å²) >= 11 is 8.22. The standard InChI is InChI=1S/C9H7BrFN3OS/c10-5-2-1-3-6(11)8(5)14-7(4-15)12-13-9(14)16/h1-3,15H,4H2,(H,13,16). The maximum atomic E-state index is 13.7. The normalized spacial score (nSPS) is 10.7. The Kier molecular flexibility index (Phi) is 3.17. The molecule has 2 rings (SSSR count). The van der Waals surface area contributed by atoms with Crippen molar-refractivity contribution in [1.29, 1.82) is 0 Å². The van der Waals surface area contributed by atoms with Crippen LogP contribution in [0.4, 0.5) is 4.39 Å². The van der Waals surface area contributed by atoms with Gasteiger partial charge in [0.25, 0.3) is 0 Å². The highest BCUT2D eigenvalue weighted by Crippen LogP contribution is 2.25. The van der Waals surface area contributed by atoms with Gasteiger partial charge in [-0.1, -0.05) is 6.07 Å². The summed E-state index contributed by atoms with van der Waals surface area (Å²) in [7, 11) is 0. The largest absolute Gasteiger partial charge is 0.388 e. The Morgan fingerprint density at radius 3 is 2.94 bits per heavy atom. The number of aliphatic hydroxyl groups excluding tert-OH is 1. The lowest BCUT2D eigenvalue weighted by molar-refractivity contribution is 0.268. The molecule has 0 bridgehead atoms. The van der Waals surface area contributed by atoms with Crippen molar-refractivity contribution >= 4 is 28.1 Å². The Morgan fingerprint density at radius 2 is 2.31 bits per heavy atom. The highest BCUT2D eigenvalue weighted by Gasteiger charge is 2.14. The first-order valence-corrected chi connectivity index (χ1v) is 5.57. The second kappa shape index (κ2) is 4.44. The number of benzene rings is 1. The van der Waals surface area contributed by atoms with E-state index in [-0.39, 0.29) is 22.9 Å². The second-order valence-corrected chi connectivity index (χ2v) is 4.25. The van der Waals surface area contributed by atoms with Gasteiger partial charge in [-0.3, -0.25) is 9.67 Å². The SMILES string of the molecule is OCc1n[nH]c(=S)n1-c1c(F)cccc1Br. The second-order valence-electron chi connectivity index (χ2n) is 3.01. The van der Waals surface area contributed by atoms with Crippen LogP contribution in [0.25, 0.3) is 5.69 Å². The smallest absolute Gasteiger partial charge is 0.200 e. The molecule has 0 atom stereocenters. The number of aromatic nitrogens is 3. The molecular weight excluding hydrogens is 297 g/mol. The summed E-state index contributed by atoms with van der Waals surface area (Å²) in [6, 6.07) is 4.58. The number of hydrogen-bond donors (Lipinski definition) is 2. The van der Waals surface area contributed by atoms with E-state index in [1.54, 1.807) is 12.1 Å². The average molecular weight is 304 g/mol. The summed E-state index contributed by atoms with van der Waals surface area (Å²) in [5, 5.41) is 15.4. The van der Waals surface area contributed by atoms with Crippen molar-refractivity contribution in [2.75, 3.05) is 0 Å². The first-order chi connectivity index (χ1) is 7.65. The van der Waals surface area contributed by atoms with Gasteiger partial charge in [-0.25, -0.2) is 4.39 Å². The van der Waals surface area contributed by atoms with E-state index in [0.717, 1.165) is 0 Å². The average Bonchev–Trinajstić information content (AvgIpc) is 2.60. The minimum atomic E-state index is -0.443. The molecule has 0 aliphatic carbocycles. The van der Waals surface area contributed by atoms with Gasteiger partial charge in [0.05, 0.1) is 5.69 Å². The van der Waals surface area contributed by atoms with Crippen molar-refractivity contribution in [3.63, 3.8) is 0 Å². The molecule has 0 aliphatic rings. The third-order valence-electron chi connectivity index (χ3n) is 2.04. The summed E-state index contributed by atoms with van der Waals surface area (Å²) < 4.78 is 15.8. The molecule has 0 fully saturated rings. The number of aliphatic hydroxyl groups is 1. The molecular formula is C9H7BrFN3OS. The van der Waals surface area contributed by atoms with E-state index >= 15 is 0 Å². The molecule has 2 N–H and O–H groups in total. The molecule has 0 spiro atoms. The van der Waals surface area contributed by atoms with Crippen LogP contribution in [0, 0.1) is 10.6 Å². The van der Waals surface area contributed by atoms with Crippen LogP contribution in [-0.2, 0) is 6.61 Å². The lowest BCUT2D eigenvalue weighted by Crippen LogP contribution is -2.04. The van der Waals surface area contributed by atoms with Crippen LogP contribution in [0.15, 0.2) is 22.7 Å². The Labute approximate surface area is 104 Å². The summed E-state index contributed by atoms with van der Waals surface area (Å²) in [6.45, 7) is -0.325. The highest BCUT2D eigenvalue weighted by molar-refractivity contribution is 9.10. The number of aromatic amines is 1. The summed E-state index contributed by atoms with van der Waals surface area (Å²) in [5.41, 5.74) is 0.241. The summed E-state index contributed by atoms with van der Waals surface area (Å²) in [4.78, 5) is 0. The van der Waals surface area contributed by atoms with Gasteiger partial charge in [0.1, 0.15) is 12.4 Å². The molecule has 0 unspecified atom stereocenters. The zero-order chi connectivity index (χ0) is 11.7. The fraction of sp³-hybridized carbons (Fsp3) is 0.111. The highest BCUT2D eigenvalue weighted by atomic mass is 79.9. The summed E-state index contributed by atoms with van der Waals surface area (Å²) in [6.07, 6.45) is 0. The molecule has 1 aromatic carbocycles. The zero-order valence-corrected chi connectivity index (χ0v) is 10.3. The van der Waals surface area contributed by atoms with Gasteiger partial charge in [-0.05, 0) is 40.3 Å². The predicted molar refractivity (Wildman–Crippen MR) is 62.3 cm³/mol. The third kappa shape index (κ3) is 1.81. The molecule has 84 valence electrons. The Balaban J connectivity index is 2.76. The molecule has 0 saturated heterocycles. The van der Waals surface area contributed by atoms with Gasteiger partial charge in [-0.2, -0.15) is 5.10 Å². The van der Waals surface area contributed by atoms with E-state index in [0.29, 0.717) is 4.47 Å². The molecule has 1 aromatic heterocycles. The number of rotatable bonds is 2. The van der Waals surface area contributed by atoms with Gasteiger partial charge >= 0.3 is 0 Å². The van der Waals surface area contributed by atoms with Crippen molar-refractivity contribution in [1.82, 2.24) is 14.8 Å². The van der Waals surface area contributed by atoms with Gasteiger partial charge in [0.15, 0.2) is 10.6 Å². The van der Waals surface area contributed by atoms with E-state index in [2.05, 4.69) is 26.1 Å². The van der Waals surface area contributed by atoms with Crippen LogP contribution >= 0.6 is 28.1 Å². The molecule has 0 amide bonds. The minimum Gasteiger partial charge on any atom is -0.388 e. The van der Waals surface area contributed by atoms with Crippen LogP contribution in [0.3, 0.4) is 0 Å². The van der Waals surface area contributed by atoms with Crippen molar-refractivity contribution < 1.29 is 9.50 Å². The van der Waals surface area contributed by atoms with Crippen molar-refractivity contribution in [2.45, 2.75) is 6.61 Å². The number of halogens is 2. The van der Waals surface area contributed by atoms with Crippen molar-refractivity contribution in [3.05, 3.63) is 39.1 Å². The molecule has 0 saturated carbocycles. The topological polar surface area (TPSA) is 53.8 Å². The van der Waals surface area contributed by atoms with Crippen LogP contribution in [0.1, 0.15) is 5.82 Å². The number of para-hydroxylation sites is 1. The zero-order valence-electron chi connectivity index (χ0n) is 7.94. The predicted octanol–water partition coefficient (Wildman–Crippen LogP) is 2.32. The van der Waals surface area contributed by atoms with Crippen LogP contribution in [-0.4, -0.2) is 19.9 Å². The fourth-order valence-corrected chi connectivity index (χ4v) is 2.13. The first-order valence-electron chi connectivity index (χ1n) is 4.36. The Hall–Kier alpha value is -1.05. The van der Waals surface area contributed by atoms with Crippen LogP contribution < -0.4 is 0 Å². The van der Waals surface area contributed by atoms with Gasteiger partial charge in [0, 0.05) is 4.47 Å². The monoisotopic (exact) mass is 303 g/mol. The molecule has 0 aliphatic heterocycles. The maximum Gasteiger partial charge on any atom is 0.200 e. The number of H-pyrrole nitrogens is 1. The maximum absolute atomic E-state index is 13.7. The molecule has 2 aromatic rings. The van der Waals surface area contributed by atoms with Gasteiger partial charge in [-0.15, -0.1) is 0 Å². The molecule has 1 heterocycles. The first kappa shape index (κ1) is 11.4. The van der Waals surface area contributed by atoms with Crippen LogP contribution in [0.2, 0.25) is 0 Å². The molecule has 4 nitrogen and oxygen atoms in total. The lowest BCUT2D eigenvalue weighted by Gasteiger charge is -2.08. The molecule has 7 heteroatoms. The van der Waals surface area contributed by atoms with E-state index in [4.69, 9.17) is 17.3 Å². The van der Waals surface area contributed by atoms with E-state index in [1.165, 1.54) is 10.6 Å². The summed E-state index contributed by atoms with van der Waals surface area (Å²) in [5.74, 6) is -0.183. The molecule has 0 radical (unpaired) electrons. The number of nitrogens with one attached hydrogen (secondary N) is 1. The number of nitrogens with zero attached hydrogens (tertiary/aromatic N) is 2. The van der Waals surface area contributed by atoms with Crippen molar-refractivity contribution in [3.8, 4) is 5.69 Å². The Morgan fingerprint density at radius 1 is 1.56 bits per heavy atom. The van der Waals surface area contributed by atoms with Crippen LogP contribution in [0.5, 0.6) is 0 Å². The minimum absolute atomic E-state index is 0.231. The van der Waals surface area contributed by atoms with Gasteiger partial charge in [0.2, 0.25) is 0 Å². The Bertz CT molecular complexity index is 560. The quantitative estimate of drug-likeness (QED) is 0.837. The van der Waals surface area contributed by atoms with E-state index in [9.17, 15) is 4.39 Å². The lowest BCUT2D eigenvalue weighted by atomic mass is 10.3. The third-order valence-corrected chi connectivity index (χ3v) is 2.96. The van der Waals surface area contributed by atoms with Gasteiger partial charge < -0.3 is 5.11 Å². The number of hydrogen-bond acceptors (Lipinski definition) is 3. The van der Waals surface area contributed by atoms with Crippen molar-refractivity contribution in [2.24, 2.45) is 0 Å².